The zero-order valence-corrected chi connectivity index (χ0v) is 8.84. The van der Waals surface area contributed by atoms with Crippen LogP contribution in [0.2, 0.25) is 0 Å². The predicted octanol–water partition coefficient (Wildman–Crippen LogP) is 0.573. The molecule has 1 rings (SSSR count). The molecule has 1 fully saturated rings. The molecule has 5 heteroatoms. The second kappa shape index (κ2) is 4.39. The molecule has 0 aromatic carbocycles. The molecule has 4 nitrogen and oxygen atoms in total. The van der Waals surface area contributed by atoms with E-state index < -0.39 is 15.3 Å². The van der Waals surface area contributed by atoms with Crippen LogP contribution in [0.25, 0.3) is 0 Å². The number of rotatable bonds is 4. The van der Waals surface area contributed by atoms with Gasteiger partial charge < -0.3 is 9.47 Å². The molecule has 0 N–H and O–H groups in total. The van der Waals surface area contributed by atoms with E-state index in [0.717, 1.165) is 0 Å². The quantitative estimate of drug-likeness (QED) is 0.678. The third-order valence-corrected chi connectivity index (χ3v) is 4.00. The zero-order chi connectivity index (χ0) is 9.90. The van der Waals surface area contributed by atoms with Crippen molar-refractivity contribution in [1.82, 2.24) is 0 Å². The van der Waals surface area contributed by atoms with E-state index in [1.165, 1.54) is 0 Å². The minimum Gasteiger partial charge on any atom is -0.377 e. The van der Waals surface area contributed by atoms with Crippen molar-refractivity contribution in [3.8, 4) is 0 Å². The second-order valence-corrected chi connectivity index (χ2v) is 5.21. The Morgan fingerprint density at radius 3 is 2.38 bits per heavy atom. The van der Waals surface area contributed by atoms with Crippen LogP contribution in [-0.2, 0) is 19.3 Å². The molecule has 0 spiro atoms. The standard InChI is InChI=1S/C8H16O4S/c1-3-11-7-5-8(12-4-2)13(9,10)6-7/h7-8H,3-6H2,1-2H3. The summed E-state index contributed by atoms with van der Waals surface area (Å²) in [6, 6.07) is 0. The summed E-state index contributed by atoms with van der Waals surface area (Å²) in [4.78, 5) is 0. The molecular weight excluding hydrogens is 192 g/mol. The molecule has 1 saturated heterocycles. The molecule has 0 aromatic heterocycles. The van der Waals surface area contributed by atoms with Crippen LogP contribution < -0.4 is 0 Å². The van der Waals surface area contributed by atoms with Crippen LogP contribution in [-0.4, -0.2) is 38.9 Å². The van der Waals surface area contributed by atoms with Crippen LogP contribution in [0.3, 0.4) is 0 Å². The number of hydrogen-bond acceptors (Lipinski definition) is 4. The van der Waals surface area contributed by atoms with Gasteiger partial charge in [-0.05, 0) is 13.8 Å². The molecule has 1 aliphatic heterocycles. The van der Waals surface area contributed by atoms with Crippen molar-refractivity contribution in [2.24, 2.45) is 0 Å². The van der Waals surface area contributed by atoms with Gasteiger partial charge in [0.1, 0.15) is 0 Å². The van der Waals surface area contributed by atoms with Crippen molar-refractivity contribution < 1.29 is 17.9 Å². The van der Waals surface area contributed by atoms with Gasteiger partial charge in [-0.1, -0.05) is 0 Å². The maximum atomic E-state index is 11.4. The summed E-state index contributed by atoms with van der Waals surface area (Å²) in [5.74, 6) is 0.103. The molecule has 1 heterocycles. The molecule has 1 aliphatic rings. The van der Waals surface area contributed by atoms with Crippen LogP contribution in [0.5, 0.6) is 0 Å². The normalized spacial score (nSPS) is 32.2. The Bertz CT molecular complexity index is 247. The molecule has 0 bridgehead atoms. The lowest BCUT2D eigenvalue weighted by Crippen LogP contribution is -2.19. The molecule has 0 saturated carbocycles. The van der Waals surface area contributed by atoms with E-state index in [2.05, 4.69) is 0 Å². The fraction of sp³-hybridized carbons (Fsp3) is 1.00. The topological polar surface area (TPSA) is 52.6 Å². The Kier molecular flexibility index (Phi) is 3.70. The van der Waals surface area contributed by atoms with Gasteiger partial charge in [-0.15, -0.1) is 0 Å². The van der Waals surface area contributed by atoms with Crippen molar-refractivity contribution in [3.63, 3.8) is 0 Å². The summed E-state index contributed by atoms with van der Waals surface area (Å²) in [6.45, 7) is 4.64. The average molecular weight is 208 g/mol. The first-order valence-electron chi connectivity index (χ1n) is 4.55. The molecule has 2 atom stereocenters. The lowest BCUT2D eigenvalue weighted by atomic mass is 10.3. The van der Waals surface area contributed by atoms with Gasteiger partial charge in [0.15, 0.2) is 15.3 Å². The zero-order valence-electron chi connectivity index (χ0n) is 8.02. The average Bonchev–Trinajstić information content (AvgIpc) is 2.28. The Balaban J connectivity index is 2.57. The second-order valence-electron chi connectivity index (χ2n) is 3.03. The molecular formula is C8H16O4S. The first-order chi connectivity index (χ1) is 6.10. The van der Waals surface area contributed by atoms with Gasteiger partial charge >= 0.3 is 0 Å². The first-order valence-corrected chi connectivity index (χ1v) is 6.26. The van der Waals surface area contributed by atoms with Crippen molar-refractivity contribution >= 4 is 9.84 Å². The van der Waals surface area contributed by atoms with E-state index in [4.69, 9.17) is 9.47 Å². The maximum Gasteiger partial charge on any atom is 0.179 e. The van der Waals surface area contributed by atoms with Gasteiger partial charge in [-0.2, -0.15) is 0 Å². The maximum absolute atomic E-state index is 11.4. The van der Waals surface area contributed by atoms with E-state index in [9.17, 15) is 8.42 Å². The molecule has 2 unspecified atom stereocenters. The van der Waals surface area contributed by atoms with E-state index in [0.29, 0.717) is 19.6 Å². The minimum atomic E-state index is -3.07. The molecule has 0 aromatic rings. The minimum absolute atomic E-state index is 0.103. The van der Waals surface area contributed by atoms with Gasteiger partial charge in [0.25, 0.3) is 0 Å². The highest BCUT2D eigenvalue weighted by Crippen LogP contribution is 2.23. The van der Waals surface area contributed by atoms with Crippen LogP contribution in [0, 0.1) is 0 Å². The van der Waals surface area contributed by atoms with Crippen molar-refractivity contribution in [3.05, 3.63) is 0 Å². The van der Waals surface area contributed by atoms with Gasteiger partial charge in [-0.25, -0.2) is 8.42 Å². The summed E-state index contributed by atoms with van der Waals surface area (Å²) < 4.78 is 33.2. The van der Waals surface area contributed by atoms with Gasteiger partial charge in [0, 0.05) is 19.6 Å². The predicted molar refractivity (Wildman–Crippen MR) is 49.2 cm³/mol. The summed E-state index contributed by atoms with van der Waals surface area (Å²) in [7, 11) is -3.07. The summed E-state index contributed by atoms with van der Waals surface area (Å²) >= 11 is 0. The third-order valence-electron chi connectivity index (χ3n) is 2.03. The number of hydrogen-bond donors (Lipinski definition) is 0. The Hall–Kier alpha value is -0.130. The summed E-state index contributed by atoms with van der Waals surface area (Å²) in [6.07, 6.45) is 0.302. The molecule has 0 radical (unpaired) electrons. The lowest BCUT2D eigenvalue weighted by Gasteiger charge is -2.09. The van der Waals surface area contributed by atoms with Crippen LogP contribution in [0.15, 0.2) is 0 Å². The molecule has 13 heavy (non-hydrogen) atoms. The molecule has 78 valence electrons. The fourth-order valence-corrected chi connectivity index (χ4v) is 3.32. The van der Waals surface area contributed by atoms with Gasteiger partial charge in [-0.3, -0.25) is 0 Å². The van der Waals surface area contributed by atoms with Crippen molar-refractivity contribution in [2.45, 2.75) is 31.8 Å². The van der Waals surface area contributed by atoms with Crippen LogP contribution >= 0.6 is 0 Å². The largest absolute Gasteiger partial charge is 0.377 e. The number of ether oxygens (including phenoxy) is 2. The van der Waals surface area contributed by atoms with Gasteiger partial charge in [0.05, 0.1) is 11.9 Å². The smallest absolute Gasteiger partial charge is 0.179 e. The Morgan fingerprint density at radius 2 is 1.85 bits per heavy atom. The van der Waals surface area contributed by atoms with E-state index in [-0.39, 0.29) is 11.9 Å². The van der Waals surface area contributed by atoms with E-state index in [1.807, 2.05) is 6.92 Å². The monoisotopic (exact) mass is 208 g/mol. The summed E-state index contributed by atoms with van der Waals surface area (Å²) in [5, 5.41) is 0. The Labute approximate surface area is 79.1 Å². The van der Waals surface area contributed by atoms with E-state index in [1.54, 1.807) is 6.92 Å². The summed E-state index contributed by atoms with van der Waals surface area (Å²) in [5.41, 5.74) is -0.644. The first kappa shape index (κ1) is 10.9. The number of sulfone groups is 1. The Morgan fingerprint density at radius 1 is 1.23 bits per heavy atom. The lowest BCUT2D eigenvalue weighted by molar-refractivity contribution is 0.0426. The fourth-order valence-electron chi connectivity index (χ4n) is 1.51. The highest BCUT2D eigenvalue weighted by atomic mass is 32.2. The van der Waals surface area contributed by atoms with Crippen LogP contribution in [0.1, 0.15) is 20.3 Å². The highest BCUT2D eigenvalue weighted by molar-refractivity contribution is 7.92. The van der Waals surface area contributed by atoms with Crippen molar-refractivity contribution in [1.29, 1.82) is 0 Å². The van der Waals surface area contributed by atoms with E-state index >= 15 is 0 Å². The van der Waals surface area contributed by atoms with Crippen molar-refractivity contribution in [2.75, 3.05) is 19.0 Å². The highest BCUT2D eigenvalue weighted by Gasteiger charge is 2.39. The molecule has 0 aliphatic carbocycles. The van der Waals surface area contributed by atoms with Gasteiger partial charge in [0.2, 0.25) is 0 Å². The molecule has 0 amide bonds. The van der Waals surface area contributed by atoms with Crippen LogP contribution in [0.4, 0.5) is 0 Å². The SMILES string of the molecule is CCOC1CC(OCC)S(=O)(=O)C1. The third kappa shape index (κ3) is 2.65.